The lowest BCUT2D eigenvalue weighted by atomic mass is 10.3. The normalized spacial score (nSPS) is 25.0. The van der Waals surface area contributed by atoms with Crippen LogP contribution in [-0.2, 0) is 0 Å². The van der Waals surface area contributed by atoms with Crippen molar-refractivity contribution in [2.45, 2.75) is 17.4 Å². The third-order valence-corrected chi connectivity index (χ3v) is 5.49. The zero-order valence-electron chi connectivity index (χ0n) is 8.88. The van der Waals surface area contributed by atoms with E-state index in [0.717, 1.165) is 11.6 Å². The van der Waals surface area contributed by atoms with Crippen molar-refractivity contribution >= 4 is 29.3 Å². The Morgan fingerprint density at radius 2 is 2.25 bits per heavy atom. The average molecular weight is 252 g/mol. The summed E-state index contributed by atoms with van der Waals surface area (Å²) in [5, 5.41) is 9.53. The van der Waals surface area contributed by atoms with E-state index in [4.69, 9.17) is 11.0 Å². The van der Waals surface area contributed by atoms with Crippen molar-refractivity contribution < 1.29 is 0 Å². The predicted octanol–water partition coefficient (Wildman–Crippen LogP) is 1.84. The minimum atomic E-state index is 0.286. The number of rotatable bonds is 1. The van der Waals surface area contributed by atoms with Crippen molar-refractivity contribution in [3.63, 3.8) is 0 Å². The maximum Gasteiger partial charge on any atom is 0.145 e. The van der Waals surface area contributed by atoms with Gasteiger partial charge in [-0.25, -0.2) is 9.97 Å². The second-order valence-electron chi connectivity index (χ2n) is 3.51. The Bertz CT molecular complexity index is 429. The van der Waals surface area contributed by atoms with Gasteiger partial charge in [-0.05, 0) is 0 Å². The van der Waals surface area contributed by atoms with Gasteiger partial charge in [-0.2, -0.15) is 17.0 Å². The highest BCUT2D eigenvalue weighted by Gasteiger charge is 2.26. The lowest BCUT2D eigenvalue weighted by molar-refractivity contribution is 0.824. The van der Waals surface area contributed by atoms with Gasteiger partial charge in [0.05, 0.1) is 11.4 Å². The maximum absolute atomic E-state index is 8.75. The molecule has 1 aromatic rings. The molecular formula is C10H12N4S2. The van der Waals surface area contributed by atoms with Gasteiger partial charge in [0, 0.05) is 16.8 Å². The molecule has 4 nitrogen and oxygen atoms in total. The third-order valence-electron chi connectivity index (χ3n) is 2.40. The fraction of sp³-hybridized carbons (Fsp3) is 0.500. The first-order valence-corrected chi connectivity index (χ1v) is 7.08. The van der Waals surface area contributed by atoms with Crippen LogP contribution in [0.4, 0.5) is 5.82 Å². The molecule has 2 unspecified atom stereocenters. The van der Waals surface area contributed by atoms with Gasteiger partial charge in [0.25, 0.3) is 0 Å². The number of thioether (sulfide) groups is 2. The van der Waals surface area contributed by atoms with Crippen LogP contribution in [0.15, 0.2) is 6.20 Å². The van der Waals surface area contributed by atoms with Crippen LogP contribution < -0.4 is 5.73 Å². The van der Waals surface area contributed by atoms with Crippen LogP contribution >= 0.6 is 23.5 Å². The van der Waals surface area contributed by atoms with Crippen LogP contribution in [0.1, 0.15) is 23.6 Å². The Morgan fingerprint density at radius 3 is 2.88 bits per heavy atom. The summed E-state index contributed by atoms with van der Waals surface area (Å²) >= 11 is 3.79. The summed E-state index contributed by atoms with van der Waals surface area (Å²) in [6.07, 6.45) is 1.52. The van der Waals surface area contributed by atoms with E-state index >= 15 is 0 Å². The molecular weight excluding hydrogens is 240 g/mol. The van der Waals surface area contributed by atoms with E-state index in [1.165, 1.54) is 11.9 Å². The van der Waals surface area contributed by atoms with Gasteiger partial charge < -0.3 is 5.73 Å². The molecule has 1 fully saturated rings. The fourth-order valence-corrected chi connectivity index (χ4v) is 4.25. The van der Waals surface area contributed by atoms with Crippen molar-refractivity contribution in [1.29, 1.82) is 5.26 Å². The van der Waals surface area contributed by atoms with Crippen molar-refractivity contribution in [2.24, 2.45) is 0 Å². The first-order valence-electron chi connectivity index (χ1n) is 4.98. The standard InChI is InChI=1S/C10H12N4S2/c1-6-8(16-3-2-15-6)10-13-5-7(4-11)9(12)14-10/h5-6,8H,2-3H2,1H3,(H2,12,13,14). The van der Waals surface area contributed by atoms with Gasteiger partial charge in [-0.1, -0.05) is 6.92 Å². The number of nitriles is 1. The minimum Gasteiger partial charge on any atom is -0.382 e. The zero-order valence-corrected chi connectivity index (χ0v) is 10.5. The first kappa shape index (κ1) is 11.6. The van der Waals surface area contributed by atoms with E-state index in [1.807, 2.05) is 29.6 Å². The molecule has 0 bridgehead atoms. The summed E-state index contributed by atoms with van der Waals surface area (Å²) in [5.74, 6) is 3.33. The lowest BCUT2D eigenvalue weighted by Crippen LogP contribution is -2.18. The molecule has 84 valence electrons. The largest absolute Gasteiger partial charge is 0.382 e. The first-order chi connectivity index (χ1) is 7.72. The molecule has 16 heavy (non-hydrogen) atoms. The summed E-state index contributed by atoms with van der Waals surface area (Å²) in [6.45, 7) is 2.18. The van der Waals surface area contributed by atoms with Gasteiger partial charge in [0.1, 0.15) is 23.3 Å². The van der Waals surface area contributed by atoms with Crippen LogP contribution in [0.2, 0.25) is 0 Å². The Hall–Kier alpha value is -0.930. The Kier molecular flexibility index (Phi) is 3.56. The number of hydrogen-bond acceptors (Lipinski definition) is 6. The smallest absolute Gasteiger partial charge is 0.145 e. The van der Waals surface area contributed by atoms with Crippen molar-refractivity contribution in [2.75, 3.05) is 17.2 Å². The van der Waals surface area contributed by atoms with Crippen LogP contribution in [0.3, 0.4) is 0 Å². The molecule has 1 saturated heterocycles. The molecule has 2 atom stereocenters. The molecule has 0 radical (unpaired) electrons. The van der Waals surface area contributed by atoms with Crippen LogP contribution in [0.25, 0.3) is 0 Å². The summed E-state index contributed by atoms with van der Waals surface area (Å²) < 4.78 is 0. The number of anilines is 1. The van der Waals surface area contributed by atoms with Crippen LogP contribution in [0.5, 0.6) is 0 Å². The number of nitrogens with zero attached hydrogens (tertiary/aromatic N) is 3. The molecule has 0 aromatic carbocycles. The summed E-state index contributed by atoms with van der Waals surface area (Å²) in [4.78, 5) is 8.46. The van der Waals surface area contributed by atoms with Gasteiger partial charge in [0.15, 0.2) is 0 Å². The molecule has 1 aliphatic heterocycles. The predicted molar refractivity (Wildman–Crippen MR) is 68.3 cm³/mol. The molecule has 0 spiro atoms. The average Bonchev–Trinajstić information content (AvgIpc) is 2.29. The fourth-order valence-electron chi connectivity index (χ4n) is 1.55. The van der Waals surface area contributed by atoms with E-state index in [1.54, 1.807) is 0 Å². The highest BCUT2D eigenvalue weighted by molar-refractivity contribution is 8.06. The molecule has 1 aliphatic rings. The number of hydrogen-bond donors (Lipinski definition) is 1. The molecule has 6 heteroatoms. The van der Waals surface area contributed by atoms with Gasteiger partial charge in [-0.15, -0.1) is 11.8 Å². The van der Waals surface area contributed by atoms with Crippen molar-refractivity contribution in [3.05, 3.63) is 17.6 Å². The zero-order chi connectivity index (χ0) is 11.5. The molecule has 2 heterocycles. The van der Waals surface area contributed by atoms with E-state index in [0.29, 0.717) is 10.8 Å². The van der Waals surface area contributed by atoms with E-state index in [-0.39, 0.29) is 11.1 Å². The summed E-state index contributed by atoms with van der Waals surface area (Å²) in [5.41, 5.74) is 6.05. The molecule has 2 N–H and O–H groups in total. The Morgan fingerprint density at radius 1 is 1.50 bits per heavy atom. The number of nitrogen functional groups attached to an aromatic ring is 1. The van der Waals surface area contributed by atoms with Crippen LogP contribution in [0, 0.1) is 11.3 Å². The monoisotopic (exact) mass is 252 g/mol. The van der Waals surface area contributed by atoms with E-state index in [9.17, 15) is 0 Å². The third kappa shape index (κ3) is 2.25. The van der Waals surface area contributed by atoms with Gasteiger partial charge >= 0.3 is 0 Å². The maximum atomic E-state index is 8.75. The van der Waals surface area contributed by atoms with Crippen molar-refractivity contribution in [1.82, 2.24) is 9.97 Å². The van der Waals surface area contributed by atoms with E-state index in [2.05, 4.69) is 16.9 Å². The second kappa shape index (κ2) is 4.93. The molecule has 0 amide bonds. The lowest BCUT2D eigenvalue weighted by Gasteiger charge is -2.26. The second-order valence-corrected chi connectivity index (χ2v) is 6.24. The SMILES string of the molecule is CC1SCCSC1c1ncc(C#N)c(N)n1. The quantitative estimate of drug-likeness (QED) is 0.822. The Labute approximate surface area is 103 Å². The highest BCUT2D eigenvalue weighted by atomic mass is 32.2. The topological polar surface area (TPSA) is 75.6 Å². The van der Waals surface area contributed by atoms with Gasteiger partial charge in [-0.3, -0.25) is 0 Å². The summed E-state index contributed by atoms with van der Waals surface area (Å²) in [6, 6.07) is 1.97. The summed E-state index contributed by atoms with van der Waals surface area (Å²) in [7, 11) is 0. The minimum absolute atomic E-state index is 0.286. The Balaban J connectivity index is 2.27. The van der Waals surface area contributed by atoms with Crippen LogP contribution in [-0.4, -0.2) is 26.7 Å². The number of nitrogens with two attached hydrogens (primary N) is 1. The van der Waals surface area contributed by atoms with Gasteiger partial charge in [0.2, 0.25) is 0 Å². The molecule has 0 saturated carbocycles. The number of aromatic nitrogens is 2. The molecule has 1 aromatic heterocycles. The molecule has 0 aliphatic carbocycles. The van der Waals surface area contributed by atoms with E-state index < -0.39 is 0 Å². The van der Waals surface area contributed by atoms with Crippen molar-refractivity contribution in [3.8, 4) is 6.07 Å². The highest BCUT2D eigenvalue weighted by Crippen LogP contribution is 2.41. The molecule has 2 rings (SSSR count).